The number of hydrogen-bond acceptors (Lipinski definition) is 4. The summed E-state index contributed by atoms with van der Waals surface area (Å²) in [7, 11) is 0. The van der Waals surface area contributed by atoms with Crippen LogP contribution >= 0.6 is 0 Å². The zero-order valence-electron chi connectivity index (χ0n) is 17.3. The van der Waals surface area contributed by atoms with Gasteiger partial charge in [-0.05, 0) is 75.5 Å². The zero-order chi connectivity index (χ0) is 21.4. The van der Waals surface area contributed by atoms with Gasteiger partial charge in [-0.15, -0.1) is 0 Å². The lowest BCUT2D eigenvalue weighted by molar-refractivity contribution is -0.137. The van der Waals surface area contributed by atoms with Crippen molar-refractivity contribution in [3.8, 4) is 17.0 Å². The van der Waals surface area contributed by atoms with E-state index < -0.39 is 24.5 Å². The summed E-state index contributed by atoms with van der Waals surface area (Å²) < 4.78 is 61.3. The van der Waals surface area contributed by atoms with Gasteiger partial charge in [0.15, 0.2) is 0 Å². The number of aromatic nitrogens is 2. The van der Waals surface area contributed by atoms with Crippen molar-refractivity contribution in [2.75, 3.05) is 20.1 Å². The van der Waals surface area contributed by atoms with Crippen molar-refractivity contribution < 1.29 is 22.4 Å². The highest BCUT2D eigenvalue weighted by molar-refractivity contribution is 5.71. The third-order valence-electron chi connectivity index (χ3n) is 4.63. The molecule has 4 nitrogen and oxygen atoms in total. The van der Waals surface area contributed by atoms with Crippen LogP contribution in [0.4, 0.5) is 13.2 Å². The van der Waals surface area contributed by atoms with E-state index in [1.807, 2.05) is 0 Å². The van der Waals surface area contributed by atoms with E-state index in [2.05, 4.69) is 10.2 Å². The summed E-state index contributed by atoms with van der Waals surface area (Å²) in [5.74, 6) is -0.356. The molecule has 140 valence electrons. The Balaban J connectivity index is 1.76. The minimum Gasteiger partial charge on any atom is -0.507 e. The van der Waals surface area contributed by atoms with Gasteiger partial charge >= 0.3 is 6.18 Å². The summed E-state index contributed by atoms with van der Waals surface area (Å²) in [6.45, 7) is 0.375. The first-order valence-corrected chi connectivity index (χ1v) is 8.44. The first-order valence-electron chi connectivity index (χ1n) is 9.94. The molecule has 2 heterocycles. The van der Waals surface area contributed by atoms with Crippen LogP contribution in [-0.4, -0.2) is 40.3 Å². The van der Waals surface area contributed by atoms with Gasteiger partial charge in [0, 0.05) is 16.2 Å². The molecule has 0 aliphatic carbocycles. The number of nitrogens with zero attached hydrogens (tertiary/aromatic N) is 3. The van der Waals surface area contributed by atoms with E-state index in [0.717, 1.165) is 18.9 Å². The number of phenolic OH excluding ortho intramolecular Hbond substituents is 1. The van der Waals surface area contributed by atoms with Gasteiger partial charge in [-0.25, -0.2) is 0 Å². The van der Waals surface area contributed by atoms with Crippen molar-refractivity contribution in [2.45, 2.75) is 32.4 Å². The second-order valence-electron chi connectivity index (χ2n) is 6.75. The van der Waals surface area contributed by atoms with E-state index in [-0.39, 0.29) is 22.7 Å². The van der Waals surface area contributed by atoms with E-state index in [1.54, 1.807) is 12.1 Å². The van der Waals surface area contributed by atoms with Crippen LogP contribution in [0, 0.1) is 12.8 Å². The lowest BCUT2D eigenvalue weighted by atomic mass is 9.93. The molecule has 0 amide bonds. The van der Waals surface area contributed by atoms with Crippen molar-refractivity contribution in [1.82, 2.24) is 15.1 Å². The van der Waals surface area contributed by atoms with Crippen LogP contribution in [0.3, 0.4) is 0 Å². The molecule has 1 aliphatic rings. The number of hydrogen-bond donors (Lipinski definition) is 1. The van der Waals surface area contributed by atoms with Crippen LogP contribution in [-0.2, 0) is 12.6 Å². The highest BCUT2D eigenvalue weighted by atomic mass is 19.4. The normalized spacial score (nSPS) is 21.1. The number of aromatic hydroxyl groups is 1. The Kier molecular flexibility index (Phi) is 4.16. The van der Waals surface area contributed by atoms with Crippen LogP contribution in [0.2, 0.25) is 0 Å². The first-order chi connectivity index (χ1) is 13.4. The largest absolute Gasteiger partial charge is 0.507 e. The number of aryl methyl sites for hydroxylation is 1. The van der Waals surface area contributed by atoms with E-state index in [4.69, 9.17) is 4.11 Å². The first kappa shape index (κ1) is 15.0. The van der Waals surface area contributed by atoms with Crippen molar-refractivity contribution in [1.29, 1.82) is 0 Å². The fourth-order valence-corrected chi connectivity index (χ4v) is 3.39. The molecule has 1 fully saturated rings. The monoisotopic (exact) mass is 368 g/mol. The van der Waals surface area contributed by atoms with Crippen molar-refractivity contribution >= 4 is 0 Å². The fourth-order valence-electron chi connectivity index (χ4n) is 3.39. The average molecular weight is 368 g/mol. The number of phenols is 1. The molecule has 3 rings (SSSR count). The molecule has 0 bridgehead atoms. The number of halogens is 3. The van der Waals surface area contributed by atoms with Crippen LogP contribution in [0.15, 0.2) is 24.3 Å². The van der Waals surface area contributed by atoms with Gasteiger partial charge in [0.05, 0.1) is 17.0 Å². The number of rotatable bonds is 3. The summed E-state index contributed by atoms with van der Waals surface area (Å²) in [5, 5.41) is 18.3. The lowest BCUT2D eigenvalue weighted by Gasteiger charge is -2.29. The number of alkyl halides is 3. The molecule has 1 saturated heterocycles. The molecule has 2 aromatic rings. The molecule has 1 N–H and O–H groups in total. The Morgan fingerprint density at radius 1 is 1.31 bits per heavy atom. The fraction of sp³-hybridized carbons (Fsp3) is 0.474. The highest BCUT2D eigenvalue weighted by Crippen LogP contribution is 2.38. The second kappa shape index (κ2) is 7.23. The second-order valence-corrected chi connectivity index (χ2v) is 6.75. The third-order valence-corrected chi connectivity index (χ3v) is 4.63. The van der Waals surface area contributed by atoms with Gasteiger partial charge in [0.25, 0.3) is 0 Å². The maximum atomic E-state index is 12.9. The molecule has 0 saturated carbocycles. The molecule has 0 spiro atoms. The topological polar surface area (TPSA) is 49.2 Å². The molecule has 1 aromatic carbocycles. The Labute approximate surface area is 154 Å². The highest BCUT2D eigenvalue weighted by Gasteiger charge is 2.32. The number of likely N-dealkylation sites (tertiary alicyclic amines) is 1. The predicted octanol–water partition coefficient (Wildman–Crippen LogP) is 4.06. The smallest absolute Gasteiger partial charge is 0.416 e. The maximum Gasteiger partial charge on any atom is 0.416 e. The van der Waals surface area contributed by atoms with Crippen molar-refractivity contribution in [3.63, 3.8) is 0 Å². The Morgan fingerprint density at radius 3 is 2.73 bits per heavy atom. The Bertz CT molecular complexity index is 847. The quantitative estimate of drug-likeness (QED) is 0.888. The van der Waals surface area contributed by atoms with Crippen LogP contribution in [0.25, 0.3) is 11.3 Å². The maximum absolute atomic E-state index is 12.9. The van der Waals surface area contributed by atoms with Gasteiger partial charge in [-0.3, -0.25) is 0 Å². The summed E-state index contributed by atoms with van der Waals surface area (Å²) in [6.07, 6.45) is -2.28. The summed E-state index contributed by atoms with van der Waals surface area (Å²) >= 11 is 0. The molecule has 1 atom stereocenters. The lowest BCUT2D eigenvalue weighted by Crippen LogP contribution is -2.33. The van der Waals surface area contributed by atoms with E-state index in [0.29, 0.717) is 31.3 Å². The SMILES string of the molecule is [2H]C([2H])([2H])N1CCC[C@H](Cc2ccc(-c3c(C)cc(C(F)(F)F)cc3O)nn2)C1. The zero-order valence-corrected chi connectivity index (χ0v) is 14.3. The average Bonchev–Trinajstić information content (AvgIpc) is 2.61. The molecule has 26 heavy (non-hydrogen) atoms. The van der Waals surface area contributed by atoms with E-state index in [9.17, 15) is 18.3 Å². The van der Waals surface area contributed by atoms with Gasteiger partial charge < -0.3 is 10.0 Å². The van der Waals surface area contributed by atoms with Crippen LogP contribution in [0.1, 0.15) is 33.8 Å². The standard InChI is InChI=1S/C19H22F3N3O/c1-12-8-14(19(20,21)22)10-17(26)18(12)16-6-5-15(23-24-16)9-13-4-3-7-25(2)11-13/h5-6,8,10,13,26H,3-4,7,9,11H2,1-2H3/t13-/m1/s1/i2D3. The van der Waals surface area contributed by atoms with E-state index >= 15 is 0 Å². The van der Waals surface area contributed by atoms with Crippen molar-refractivity contribution in [2.24, 2.45) is 5.92 Å². The van der Waals surface area contributed by atoms with Gasteiger partial charge in [-0.2, -0.15) is 23.4 Å². The number of piperidine rings is 1. The third kappa shape index (κ3) is 4.15. The van der Waals surface area contributed by atoms with Crippen LogP contribution < -0.4 is 0 Å². The number of benzene rings is 1. The summed E-state index contributed by atoms with van der Waals surface area (Å²) in [6, 6.07) is 4.98. The minimum absolute atomic E-state index is 0.144. The molecule has 0 unspecified atom stereocenters. The predicted molar refractivity (Wildman–Crippen MR) is 92.8 cm³/mol. The molecular weight excluding hydrogens is 343 g/mol. The minimum atomic E-state index is -4.54. The van der Waals surface area contributed by atoms with Crippen molar-refractivity contribution in [3.05, 3.63) is 41.1 Å². The Morgan fingerprint density at radius 2 is 2.12 bits per heavy atom. The van der Waals surface area contributed by atoms with E-state index in [1.165, 1.54) is 11.8 Å². The summed E-state index contributed by atoms with van der Waals surface area (Å²) in [5.41, 5.74) is 0.501. The molecular formula is C19H22F3N3O. The molecule has 0 radical (unpaired) electrons. The molecule has 7 heteroatoms. The van der Waals surface area contributed by atoms with Crippen LogP contribution in [0.5, 0.6) is 5.75 Å². The Hall–Kier alpha value is -2.15. The summed E-state index contributed by atoms with van der Waals surface area (Å²) in [4.78, 5) is 1.49. The van der Waals surface area contributed by atoms with Gasteiger partial charge in [0.1, 0.15) is 5.75 Å². The van der Waals surface area contributed by atoms with Gasteiger partial charge in [-0.1, -0.05) is 0 Å². The molecule has 1 aromatic heterocycles. The van der Waals surface area contributed by atoms with Gasteiger partial charge in [0.2, 0.25) is 0 Å². The molecule has 1 aliphatic heterocycles.